The third-order valence-corrected chi connectivity index (χ3v) is 8.09. The van der Waals surface area contributed by atoms with Crippen LogP contribution in [0.1, 0.15) is 50.2 Å². The maximum Gasteiger partial charge on any atom is 0.335 e. The number of quaternary nitrogens is 1. The molecule has 8 nitrogen and oxygen atoms in total. The summed E-state index contributed by atoms with van der Waals surface area (Å²) in [4.78, 5) is 41.2. The Bertz CT molecular complexity index is 1360. The van der Waals surface area contributed by atoms with Crippen LogP contribution in [-0.2, 0) is 4.79 Å². The summed E-state index contributed by atoms with van der Waals surface area (Å²) in [6.07, 6.45) is -1.28. The number of nitrogens with zero attached hydrogens (tertiary/aromatic N) is 3. The lowest BCUT2D eigenvalue weighted by Crippen LogP contribution is -2.80. The van der Waals surface area contributed by atoms with Crippen molar-refractivity contribution in [1.29, 1.82) is 0 Å². The minimum atomic E-state index is -1.72. The van der Waals surface area contributed by atoms with Crippen LogP contribution in [0, 0.1) is 6.92 Å². The Hall–Kier alpha value is -3.91. The summed E-state index contributed by atoms with van der Waals surface area (Å²) in [6, 6.07) is 21.0. The molecule has 0 radical (unpaired) electrons. The van der Waals surface area contributed by atoms with Crippen LogP contribution in [0.2, 0.25) is 0 Å². The molecule has 0 spiro atoms. The molecule has 2 heterocycles. The molecule has 1 saturated heterocycles. The minimum Gasteiger partial charge on any atom is -0.498 e. The Morgan fingerprint density at radius 2 is 1.61 bits per heavy atom. The van der Waals surface area contributed by atoms with Gasteiger partial charge in [-0.25, -0.2) is 4.79 Å². The van der Waals surface area contributed by atoms with Gasteiger partial charge in [-0.2, -0.15) is 0 Å². The lowest BCUT2D eigenvalue weighted by molar-refractivity contribution is -0.927. The van der Waals surface area contributed by atoms with E-state index < -0.39 is 33.5 Å². The number of aliphatic carboxylic acids is 1. The smallest absolute Gasteiger partial charge is 0.335 e. The number of hydrogen-bond donors (Lipinski definition) is 1. The van der Waals surface area contributed by atoms with Crippen molar-refractivity contribution in [3.63, 3.8) is 0 Å². The quantitative estimate of drug-likeness (QED) is 0.514. The minimum absolute atomic E-state index is 0.0337. The molecule has 200 valence electrons. The molecule has 1 aliphatic heterocycles. The summed E-state index contributed by atoms with van der Waals surface area (Å²) in [7, 11) is 0. The van der Waals surface area contributed by atoms with Gasteiger partial charge in [-0.15, -0.1) is 0 Å². The lowest BCUT2D eigenvalue weighted by Gasteiger charge is -2.57. The molecule has 0 aliphatic carbocycles. The lowest BCUT2D eigenvalue weighted by atomic mass is 9.85. The molecule has 1 aliphatic rings. The molecule has 2 unspecified atom stereocenters. The zero-order valence-corrected chi connectivity index (χ0v) is 22.6. The average molecular weight is 518 g/mol. The van der Waals surface area contributed by atoms with Gasteiger partial charge >= 0.3 is 5.97 Å². The highest BCUT2D eigenvalue weighted by molar-refractivity contribution is 6.03. The number of para-hydroxylation sites is 1. The number of carbonyl (C=O) groups is 3. The Morgan fingerprint density at radius 1 is 1.03 bits per heavy atom. The van der Waals surface area contributed by atoms with Gasteiger partial charge in [0, 0.05) is 11.4 Å². The van der Waals surface area contributed by atoms with Crippen LogP contribution in [0.5, 0.6) is 0 Å². The summed E-state index contributed by atoms with van der Waals surface area (Å²) in [5.74, 6) is -1.66. The van der Waals surface area contributed by atoms with Crippen molar-refractivity contribution in [3.8, 4) is 16.9 Å². The number of rotatable bonds is 5. The van der Waals surface area contributed by atoms with Gasteiger partial charge < -0.3 is 24.5 Å². The second kappa shape index (κ2) is 9.76. The molecule has 2 amide bonds. The Balaban J connectivity index is 1.91. The number of benzene rings is 2. The van der Waals surface area contributed by atoms with E-state index >= 15 is 0 Å². The zero-order chi connectivity index (χ0) is 27.9. The van der Waals surface area contributed by atoms with E-state index in [1.54, 1.807) is 33.8 Å². The van der Waals surface area contributed by atoms with Gasteiger partial charge in [-0.05, 0) is 57.9 Å². The van der Waals surface area contributed by atoms with E-state index in [9.17, 15) is 24.6 Å². The van der Waals surface area contributed by atoms with Crippen molar-refractivity contribution in [2.45, 2.75) is 52.1 Å². The van der Waals surface area contributed by atoms with Gasteiger partial charge in [0.2, 0.25) is 0 Å². The molecule has 2 atom stereocenters. The monoisotopic (exact) mass is 517 g/mol. The first-order valence-corrected chi connectivity index (χ1v) is 12.9. The van der Waals surface area contributed by atoms with Crippen LogP contribution in [0.25, 0.3) is 16.9 Å². The van der Waals surface area contributed by atoms with Crippen molar-refractivity contribution in [2.75, 3.05) is 19.6 Å². The average Bonchev–Trinajstić information content (AvgIpc) is 3.24. The normalized spacial score (nSPS) is 21.8. The number of carboxylic acid groups (broad SMARTS) is 2. The zero-order valence-electron chi connectivity index (χ0n) is 22.6. The number of carboxylic acids is 1. The number of carbonyl (C=O) groups excluding carboxylic acids is 2. The molecule has 3 aromatic rings. The summed E-state index contributed by atoms with van der Waals surface area (Å²) in [6.45, 7) is 8.62. The first-order chi connectivity index (χ1) is 17.9. The molecule has 1 fully saturated rings. The molecule has 8 heteroatoms. The summed E-state index contributed by atoms with van der Waals surface area (Å²) < 4.78 is 1.45. The summed E-state index contributed by atoms with van der Waals surface area (Å²) >= 11 is 0. The fourth-order valence-corrected chi connectivity index (χ4v) is 5.77. The van der Waals surface area contributed by atoms with Crippen LogP contribution in [0.4, 0.5) is 4.79 Å². The van der Waals surface area contributed by atoms with E-state index in [0.717, 1.165) is 16.9 Å². The highest BCUT2D eigenvalue weighted by Crippen LogP contribution is 2.39. The maximum atomic E-state index is 14.4. The van der Waals surface area contributed by atoms with Crippen molar-refractivity contribution in [1.82, 2.24) is 9.47 Å². The van der Waals surface area contributed by atoms with Gasteiger partial charge in [0.1, 0.15) is 13.1 Å². The number of aryl methyl sites for hydroxylation is 1. The Labute approximate surface area is 223 Å². The van der Waals surface area contributed by atoms with E-state index in [0.29, 0.717) is 11.3 Å². The second-order valence-electron chi connectivity index (χ2n) is 11.0. The van der Waals surface area contributed by atoms with Gasteiger partial charge in [-0.3, -0.25) is 9.28 Å². The molecular formula is C30H35N3O5. The second-order valence-corrected chi connectivity index (χ2v) is 11.0. The number of hydrogen-bond acceptors (Lipinski definition) is 4. The Morgan fingerprint density at radius 3 is 2.11 bits per heavy atom. The van der Waals surface area contributed by atoms with Crippen molar-refractivity contribution in [2.24, 2.45) is 0 Å². The van der Waals surface area contributed by atoms with E-state index in [4.69, 9.17) is 0 Å². The van der Waals surface area contributed by atoms with Crippen LogP contribution >= 0.6 is 0 Å². The SMILES string of the molecule is CCC1(C(=O)O)C[N+](C(=O)[O-])(C(C)(C)C)CCN1C(=O)c1cc(C)n(-c2ccccc2)c1-c1ccccc1. The third kappa shape index (κ3) is 4.19. The predicted molar refractivity (Wildman–Crippen MR) is 143 cm³/mol. The van der Waals surface area contributed by atoms with E-state index in [1.165, 1.54) is 4.90 Å². The fraction of sp³-hybridized carbons (Fsp3) is 0.367. The largest absolute Gasteiger partial charge is 0.498 e. The first-order valence-electron chi connectivity index (χ1n) is 12.9. The van der Waals surface area contributed by atoms with Crippen molar-refractivity contribution < 1.29 is 29.1 Å². The molecule has 1 aromatic heterocycles. The van der Waals surface area contributed by atoms with Gasteiger partial charge in [0.15, 0.2) is 5.54 Å². The van der Waals surface area contributed by atoms with Crippen molar-refractivity contribution in [3.05, 3.63) is 78.0 Å². The van der Waals surface area contributed by atoms with Gasteiger partial charge in [0.25, 0.3) is 12.0 Å². The molecule has 4 rings (SSSR count). The van der Waals surface area contributed by atoms with Gasteiger partial charge in [0.05, 0.1) is 23.3 Å². The van der Waals surface area contributed by atoms with Crippen LogP contribution in [-0.4, -0.2) is 67.7 Å². The highest BCUT2D eigenvalue weighted by atomic mass is 16.4. The third-order valence-electron chi connectivity index (χ3n) is 8.09. The maximum absolute atomic E-state index is 14.4. The van der Waals surface area contributed by atoms with Crippen LogP contribution in [0.3, 0.4) is 0 Å². The van der Waals surface area contributed by atoms with Gasteiger partial charge in [-0.1, -0.05) is 55.5 Å². The molecular weight excluding hydrogens is 482 g/mol. The Kier molecular flexibility index (Phi) is 6.97. The predicted octanol–water partition coefficient (Wildman–Crippen LogP) is 4.10. The van der Waals surface area contributed by atoms with Crippen LogP contribution in [0.15, 0.2) is 66.7 Å². The summed E-state index contributed by atoms with van der Waals surface area (Å²) in [5.41, 5.74) is 1.00. The van der Waals surface area contributed by atoms with Crippen molar-refractivity contribution >= 4 is 18.0 Å². The summed E-state index contributed by atoms with van der Waals surface area (Å²) in [5, 5.41) is 23.0. The molecule has 1 N–H and O–H groups in total. The van der Waals surface area contributed by atoms with Crippen LogP contribution < -0.4 is 5.11 Å². The number of aromatic nitrogens is 1. The fourth-order valence-electron chi connectivity index (χ4n) is 5.77. The number of amides is 2. The highest BCUT2D eigenvalue weighted by Gasteiger charge is 2.60. The topological polar surface area (TPSA) is 103 Å². The van der Waals surface area contributed by atoms with E-state index in [1.807, 2.05) is 72.2 Å². The number of piperazine rings is 1. The molecule has 0 bridgehead atoms. The van der Waals surface area contributed by atoms with E-state index in [2.05, 4.69) is 0 Å². The molecule has 2 aromatic carbocycles. The molecule has 38 heavy (non-hydrogen) atoms. The molecule has 0 saturated carbocycles. The van der Waals surface area contributed by atoms with E-state index in [-0.39, 0.29) is 26.1 Å². The first kappa shape index (κ1) is 27.1. The standard InChI is InChI=1S/C30H35N3O5/c1-6-30(27(35)36)20-33(28(37)38,29(3,4)5)18-17-31(30)26(34)24-19-21(2)32(23-15-11-8-12-16-23)25(24)22-13-9-7-10-14-22/h7-16,19H,6,17-18,20H2,1-5H3,(H-,35,36,37,38).